The highest BCUT2D eigenvalue weighted by Gasteiger charge is 2.30. The van der Waals surface area contributed by atoms with Gasteiger partial charge < -0.3 is 5.32 Å². The summed E-state index contributed by atoms with van der Waals surface area (Å²) >= 11 is 0. The molecule has 0 radical (unpaired) electrons. The predicted octanol–water partition coefficient (Wildman–Crippen LogP) is 4.37. The molecule has 1 amide bonds. The Labute approximate surface area is 192 Å². The van der Waals surface area contributed by atoms with Gasteiger partial charge in [-0.1, -0.05) is 30.3 Å². The maximum atomic E-state index is 13.0. The SMILES string of the molecule is Cc1cc(C)n(-c2nc(-c3ccccc3)cc(=O)n2CC(=O)Nc2ccc(C(F)(F)F)cc2)n1. The summed E-state index contributed by atoms with van der Waals surface area (Å²) in [7, 11) is 0. The standard InChI is InChI=1S/C24H20F3N5O2/c1-15-12-16(2)32(30-15)23-29-20(17-6-4-3-5-7-17)13-22(34)31(23)14-21(33)28-19-10-8-18(9-11-19)24(25,26)27/h3-13H,14H2,1-2H3,(H,28,33). The van der Waals surface area contributed by atoms with Gasteiger partial charge >= 0.3 is 6.18 Å². The molecule has 7 nitrogen and oxygen atoms in total. The fourth-order valence-corrected chi connectivity index (χ4v) is 3.48. The molecule has 0 unspecified atom stereocenters. The van der Waals surface area contributed by atoms with Gasteiger partial charge in [0.05, 0.1) is 17.0 Å². The highest BCUT2D eigenvalue weighted by atomic mass is 19.4. The van der Waals surface area contributed by atoms with Gasteiger partial charge in [0.15, 0.2) is 0 Å². The molecule has 0 aliphatic heterocycles. The molecule has 10 heteroatoms. The van der Waals surface area contributed by atoms with Crippen LogP contribution in [0.15, 0.2) is 71.5 Å². The lowest BCUT2D eigenvalue weighted by Crippen LogP contribution is -2.31. The molecule has 174 valence electrons. The van der Waals surface area contributed by atoms with Gasteiger partial charge in [-0.3, -0.25) is 14.2 Å². The van der Waals surface area contributed by atoms with E-state index in [-0.39, 0.29) is 11.6 Å². The van der Waals surface area contributed by atoms with Crippen molar-refractivity contribution in [3.8, 4) is 17.2 Å². The van der Waals surface area contributed by atoms with Crippen LogP contribution in [-0.4, -0.2) is 25.2 Å². The Morgan fingerprint density at radius 2 is 1.68 bits per heavy atom. The highest BCUT2D eigenvalue weighted by molar-refractivity contribution is 5.90. The average molecular weight is 467 g/mol. The number of nitrogens with one attached hydrogen (secondary N) is 1. The van der Waals surface area contributed by atoms with Crippen LogP contribution < -0.4 is 10.9 Å². The van der Waals surface area contributed by atoms with Crippen LogP contribution in [0.3, 0.4) is 0 Å². The third-order valence-corrected chi connectivity index (χ3v) is 5.05. The molecule has 4 aromatic rings. The van der Waals surface area contributed by atoms with Gasteiger partial charge in [-0.05, 0) is 44.2 Å². The monoisotopic (exact) mass is 467 g/mol. The Morgan fingerprint density at radius 3 is 2.26 bits per heavy atom. The average Bonchev–Trinajstić information content (AvgIpc) is 3.13. The minimum Gasteiger partial charge on any atom is -0.325 e. The van der Waals surface area contributed by atoms with Crippen LogP contribution in [0.4, 0.5) is 18.9 Å². The van der Waals surface area contributed by atoms with Crippen molar-refractivity contribution in [1.29, 1.82) is 0 Å². The second-order valence-corrected chi connectivity index (χ2v) is 7.69. The molecule has 0 saturated heterocycles. The van der Waals surface area contributed by atoms with E-state index >= 15 is 0 Å². The zero-order chi connectivity index (χ0) is 24.5. The van der Waals surface area contributed by atoms with E-state index in [2.05, 4.69) is 15.4 Å². The molecule has 0 saturated carbocycles. The molecule has 0 aliphatic rings. The Bertz CT molecular complexity index is 1390. The molecule has 0 aliphatic carbocycles. The number of aryl methyl sites for hydroxylation is 2. The van der Waals surface area contributed by atoms with Gasteiger partial charge in [0.2, 0.25) is 11.9 Å². The van der Waals surface area contributed by atoms with Crippen LogP contribution in [0.2, 0.25) is 0 Å². The topological polar surface area (TPSA) is 81.8 Å². The van der Waals surface area contributed by atoms with Gasteiger partial charge in [-0.25, -0.2) is 9.67 Å². The number of halogens is 3. The summed E-state index contributed by atoms with van der Waals surface area (Å²) in [4.78, 5) is 30.3. The zero-order valence-corrected chi connectivity index (χ0v) is 18.3. The number of hydrogen-bond donors (Lipinski definition) is 1. The Kier molecular flexibility index (Phi) is 6.06. The first-order chi connectivity index (χ1) is 16.1. The highest BCUT2D eigenvalue weighted by Crippen LogP contribution is 2.29. The van der Waals surface area contributed by atoms with Crippen LogP contribution >= 0.6 is 0 Å². The first-order valence-corrected chi connectivity index (χ1v) is 10.3. The third kappa shape index (κ3) is 4.90. The number of aromatic nitrogens is 4. The maximum absolute atomic E-state index is 13.0. The van der Waals surface area contributed by atoms with Crippen LogP contribution in [-0.2, 0) is 17.5 Å². The van der Waals surface area contributed by atoms with E-state index in [1.165, 1.54) is 15.3 Å². The normalized spacial score (nSPS) is 11.4. The fourth-order valence-electron chi connectivity index (χ4n) is 3.48. The molecular weight excluding hydrogens is 447 g/mol. The van der Waals surface area contributed by atoms with Crippen LogP contribution in [0.25, 0.3) is 17.2 Å². The molecule has 4 rings (SSSR count). The fraction of sp³-hybridized carbons (Fsp3) is 0.167. The molecule has 2 aromatic carbocycles. The number of rotatable bonds is 5. The molecule has 0 bridgehead atoms. The summed E-state index contributed by atoms with van der Waals surface area (Å²) in [5.41, 5.74) is 1.45. The Morgan fingerprint density at radius 1 is 1.00 bits per heavy atom. The van der Waals surface area contributed by atoms with Crippen LogP contribution in [0, 0.1) is 13.8 Å². The Hall–Kier alpha value is -4.21. The van der Waals surface area contributed by atoms with E-state index in [1.54, 1.807) is 13.8 Å². The number of nitrogens with zero attached hydrogens (tertiary/aromatic N) is 4. The van der Waals surface area contributed by atoms with Crippen molar-refractivity contribution in [1.82, 2.24) is 19.3 Å². The lowest BCUT2D eigenvalue weighted by atomic mass is 10.1. The summed E-state index contributed by atoms with van der Waals surface area (Å²) in [5.74, 6) is -0.446. The van der Waals surface area contributed by atoms with E-state index in [1.807, 2.05) is 36.4 Å². The first-order valence-electron chi connectivity index (χ1n) is 10.3. The van der Waals surface area contributed by atoms with Crippen molar-refractivity contribution in [3.63, 3.8) is 0 Å². The van der Waals surface area contributed by atoms with Crippen molar-refractivity contribution >= 4 is 11.6 Å². The van der Waals surface area contributed by atoms with Crippen LogP contribution in [0.5, 0.6) is 0 Å². The molecule has 0 spiro atoms. The first kappa shape index (κ1) is 23.0. The van der Waals surface area contributed by atoms with Crippen molar-refractivity contribution in [2.45, 2.75) is 26.6 Å². The van der Waals surface area contributed by atoms with E-state index in [9.17, 15) is 22.8 Å². The van der Waals surface area contributed by atoms with Gasteiger partial charge in [-0.2, -0.15) is 18.3 Å². The van der Waals surface area contributed by atoms with E-state index in [0.717, 1.165) is 29.8 Å². The number of anilines is 1. The summed E-state index contributed by atoms with van der Waals surface area (Å²) in [6, 6.07) is 16.3. The second-order valence-electron chi connectivity index (χ2n) is 7.69. The second kappa shape index (κ2) is 8.97. The van der Waals surface area contributed by atoms with Crippen molar-refractivity contribution in [2.75, 3.05) is 5.32 Å². The number of benzene rings is 2. The maximum Gasteiger partial charge on any atom is 0.416 e. The quantitative estimate of drug-likeness (QED) is 0.473. The number of alkyl halides is 3. The van der Waals surface area contributed by atoms with Crippen molar-refractivity contribution in [3.05, 3.63) is 94.0 Å². The zero-order valence-electron chi connectivity index (χ0n) is 18.3. The smallest absolute Gasteiger partial charge is 0.325 e. The van der Waals surface area contributed by atoms with Crippen molar-refractivity contribution in [2.24, 2.45) is 0 Å². The molecule has 2 heterocycles. The molecule has 34 heavy (non-hydrogen) atoms. The van der Waals surface area contributed by atoms with E-state index in [4.69, 9.17) is 0 Å². The Balaban J connectivity index is 1.69. The number of carbonyl (C=O) groups excluding carboxylic acids is 1. The molecule has 0 atom stereocenters. The van der Waals surface area contributed by atoms with Gasteiger partial charge in [-0.15, -0.1) is 0 Å². The largest absolute Gasteiger partial charge is 0.416 e. The van der Waals surface area contributed by atoms with Gasteiger partial charge in [0.25, 0.3) is 5.56 Å². The third-order valence-electron chi connectivity index (χ3n) is 5.05. The number of hydrogen-bond acceptors (Lipinski definition) is 4. The van der Waals surface area contributed by atoms with Crippen LogP contribution in [0.1, 0.15) is 17.0 Å². The molecule has 0 fully saturated rings. The summed E-state index contributed by atoms with van der Waals surface area (Å²) in [5, 5.41) is 6.91. The molecule has 2 aromatic heterocycles. The lowest BCUT2D eigenvalue weighted by molar-refractivity contribution is -0.137. The number of amides is 1. The van der Waals surface area contributed by atoms with Gasteiger partial charge in [0, 0.05) is 23.0 Å². The molecule has 1 N–H and O–H groups in total. The predicted molar refractivity (Wildman–Crippen MR) is 121 cm³/mol. The lowest BCUT2D eigenvalue weighted by Gasteiger charge is -2.15. The minimum absolute atomic E-state index is 0.152. The summed E-state index contributed by atoms with van der Waals surface area (Å²) in [6.07, 6.45) is -4.48. The summed E-state index contributed by atoms with van der Waals surface area (Å²) in [6.45, 7) is 3.19. The minimum atomic E-state index is -4.48. The van der Waals surface area contributed by atoms with E-state index < -0.39 is 29.8 Å². The summed E-state index contributed by atoms with van der Waals surface area (Å²) < 4.78 is 41.0. The van der Waals surface area contributed by atoms with Crippen molar-refractivity contribution < 1.29 is 18.0 Å². The number of carbonyl (C=O) groups is 1. The van der Waals surface area contributed by atoms with Gasteiger partial charge in [0.1, 0.15) is 6.54 Å². The van der Waals surface area contributed by atoms with E-state index in [0.29, 0.717) is 17.1 Å². The molecular formula is C24H20F3N5O2.